The lowest BCUT2D eigenvalue weighted by atomic mass is 10.2. The molecule has 0 heterocycles. The second-order valence-electron chi connectivity index (χ2n) is 4.23. The molecule has 0 aliphatic carbocycles. The van der Waals surface area contributed by atoms with Crippen LogP contribution in [0.5, 0.6) is 0 Å². The molecule has 0 aliphatic heterocycles. The molecule has 110 valence electrons. The summed E-state index contributed by atoms with van der Waals surface area (Å²) in [6.45, 7) is 0.586. The van der Waals surface area contributed by atoms with Crippen molar-refractivity contribution in [2.45, 2.75) is 19.3 Å². The quantitative estimate of drug-likeness (QED) is 0.436. The average Bonchev–Trinajstić information content (AvgIpc) is 2.42. The zero-order valence-electron chi connectivity index (χ0n) is 11.2. The molecule has 0 saturated carbocycles. The molecule has 20 heavy (non-hydrogen) atoms. The molecule has 0 bridgehead atoms. The van der Waals surface area contributed by atoms with Crippen molar-refractivity contribution in [3.8, 4) is 0 Å². The maximum atomic E-state index is 12.0. The summed E-state index contributed by atoms with van der Waals surface area (Å²) in [4.78, 5) is 22.2. The van der Waals surface area contributed by atoms with Crippen LogP contribution in [0.1, 0.15) is 29.6 Å². The van der Waals surface area contributed by atoms with E-state index in [-0.39, 0.29) is 11.6 Å². The molecule has 0 fully saturated rings. The van der Waals surface area contributed by atoms with Crippen LogP contribution in [-0.4, -0.2) is 29.4 Å². The Balaban J connectivity index is 2.50. The molecule has 7 heteroatoms. The first-order valence-corrected chi connectivity index (χ1v) is 8.46. The van der Waals surface area contributed by atoms with Gasteiger partial charge in [-0.25, -0.2) is 0 Å². The third-order valence-corrected chi connectivity index (χ3v) is 4.10. The van der Waals surface area contributed by atoms with Crippen LogP contribution in [0.2, 0.25) is 0 Å². The molecule has 0 unspecified atom stereocenters. The zero-order chi connectivity index (χ0) is 15.0. The maximum Gasteiger partial charge on any atom is 0.270 e. The number of nitro benzene ring substituents is 1. The topological polar surface area (TPSA) is 72.2 Å². The van der Waals surface area contributed by atoms with E-state index in [2.05, 4.69) is 27.5 Å². The number of halogens is 1. The zero-order valence-corrected chi connectivity index (χ0v) is 13.6. The number of hydrogen-bond donors (Lipinski definition) is 1. The number of nitrogens with one attached hydrogen (secondary N) is 1. The van der Waals surface area contributed by atoms with E-state index < -0.39 is 4.92 Å². The highest BCUT2D eigenvalue weighted by molar-refractivity contribution is 9.10. The molecule has 1 N–H and O–H groups in total. The summed E-state index contributed by atoms with van der Waals surface area (Å²) >= 11 is 5.05. The second-order valence-corrected chi connectivity index (χ2v) is 6.07. The molecule has 0 radical (unpaired) electrons. The second kappa shape index (κ2) is 8.97. The predicted octanol–water partition coefficient (Wildman–Crippen LogP) is 3.62. The van der Waals surface area contributed by atoms with Crippen LogP contribution in [0.4, 0.5) is 5.69 Å². The number of non-ortho nitro benzene ring substituents is 1. The number of carbonyl (C=O) groups excluding carboxylic acids is 1. The number of unbranched alkanes of at least 4 members (excludes halogenated alkanes) is 2. The first-order valence-electron chi connectivity index (χ1n) is 6.27. The fraction of sp³-hybridized carbons (Fsp3) is 0.462. The third kappa shape index (κ3) is 5.50. The summed E-state index contributed by atoms with van der Waals surface area (Å²) in [6.07, 6.45) is 5.19. The SMILES string of the molecule is CSCCCCCNC(=O)c1cc([N+](=O)[O-])ccc1Br. The molecule has 0 aromatic heterocycles. The Morgan fingerprint density at radius 2 is 2.15 bits per heavy atom. The molecule has 0 atom stereocenters. The number of amides is 1. The minimum absolute atomic E-state index is 0.0849. The van der Waals surface area contributed by atoms with E-state index in [9.17, 15) is 14.9 Å². The standard InChI is InChI=1S/C13H17BrN2O3S/c1-20-8-4-2-3-7-15-13(17)11-9-10(16(18)19)5-6-12(11)14/h5-6,9H,2-4,7-8H2,1H3,(H,15,17). The van der Waals surface area contributed by atoms with Crippen LogP contribution in [0.3, 0.4) is 0 Å². The van der Waals surface area contributed by atoms with Gasteiger partial charge in [0.15, 0.2) is 0 Å². The fourth-order valence-electron chi connectivity index (χ4n) is 1.65. The van der Waals surface area contributed by atoms with Gasteiger partial charge in [-0.15, -0.1) is 0 Å². The van der Waals surface area contributed by atoms with Crippen LogP contribution in [-0.2, 0) is 0 Å². The van der Waals surface area contributed by atoms with Crippen LogP contribution in [0, 0.1) is 10.1 Å². The Labute approximate surface area is 130 Å². The summed E-state index contributed by atoms with van der Waals surface area (Å²) in [5.41, 5.74) is 0.210. The molecule has 0 saturated heterocycles. The van der Waals surface area contributed by atoms with E-state index in [1.807, 2.05) is 11.8 Å². The molecule has 1 aromatic rings. The van der Waals surface area contributed by atoms with Crippen LogP contribution < -0.4 is 5.32 Å². The summed E-state index contributed by atoms with van der Waals surface area (Å²) in [5, 5.41) is 13.5. The van der Waals surface area contributed by atoms with Gasteiger partial charge in [-0.05, 0) is 46.8 Å². The van der Waals surface area contributed by atoms with Gasteiger partial charge in [-0.2, -0.15) is 11.8 Å². The van der Waals surface area contributed by atoms with Gasteiger partial charge < -0.3 is 5.32 Å². The number of rotatable bonds is 8. The third-order valence-electron chi connectivity index (χ3n) is 2.72. The van der Waals surface area contributed by atoms with E-state index in [1.165, 1.54) is 18.2 Å². The van der Waals surface area contributed by atoms with Gasteiger partial charge in [-0.1, -0.05) is 6.42 Å². The van der Waals surface area contributed by atoms with Crippen molar-refractivity contribution in [1.29, 1.82) is 0 Å². The molecule has 5 nitrogen and oxygen atoms in total. The smallest absolute Gasteiger partial charge is 0.270 e. The minimum Gasteiger partial charge on any atom is -0.352 e. The normalized spacial score (nSPS) is 10.3. The Hall–Kier alpha value is -1.08. The number of hydrogen-bond acceptors (Lipinski definition) is 4. The molecule has 0 spiro atoms. The van der Waals surface area contributed by atoms with E-state index in [4.69, 9.17) is 0 Å². The first kappa shape index (κ1) is 17.0. The van der Waals surface area contributed by atoms with Gasteiger partial charge in [0, 0.05) is 23.2 Å². The van der Waals surface area contributed by atoms with Crippen molar-refractivity contribution in [3.05, 3.63) is 38.3 Å². The molecular formula is C13H17BrN2O3S. The van der Waals surface area contributed by atoms with Crippen LogP contribution >= 0.6 is 27.7 Å². The lowest BCUT2D eigenvalue weighted by Crippen LogP contribution is -2.24. The maximum absolute atomic E-state index is 12.0. The van der Waals surface area contributed by atoms with E-state index >= 15 is 0 Å². The molecular weight excluding hydrogens is 344 g/mol. The van der Waals surface area contributed by atoms with E-state index in [1.54, 1.807) is 0 Å². The molecule has 1 amide bonds. The van der Waals surface area contributed by atoms with Crippen LogP contribution in [0.25, 0.3) is 0 Å². The molecule has 1 rings (SSSR count). The van der Waals surface area contributed by atoms with Crippen molar-refractivity contribution in [2.24, 2.45) is 0 Å². The molecule has 1 aromatic carbocycles. The van der Waals surface area contributed by atoms with Gasteiger partial charge in [0.05, 0.1) is 10.5 Å². The van der Waals surface area contributed by atoms with E-state index in [0.717, 1.165) is 25.0 Å². The Bertz CT molecular complexity index is 483. The van der Waals surface area contributed by atoms with Crippen molar-refractivity contribution in [2.75, 3.05) is 18.6 Å². The van der Waals surface area contributed by atoms with Gasteiger partial charge >= 0.3 is 0 Å². The number of carbonyl (C=O) groups is 1. The summed E-state index contributed by atoms with van der Waals surface area (Å²) < 4.78 is 0.558. The predicted molar refractivity (Wildman–Crippen MR) is 85.4 cm³/mol. The highest BCUT2D eigenvalue weighted by Gasteiger charge is 2.14. The highest BCUT2D eigenvalue weighted by atomic mass is 79.9. The lowest BCUT2D eigenvalue weighted by molar-refractivity contribution is -0.384. The van der Waals surface area contributed by atoms with Gasteiger partial charge in [-0.3, -0.25) is 14.9 Å². The van der Waals surface area contributed by atoms with Gasteiger partial charge in [0.2, 0.25) is 0 Å². The van der Waals surface area contributed by atoms with Crippen molar-refractivity contribution < 1.29 is 9.72 Å². The minimum atomic E-state index is -0.508. The van der Waals surface area contributed by atoms with Crippen molar-refractivity contribution in [1.82, 2.24) is 5.32 Å². The van der Waals surface area contributed by atoms with E-state index in [0.29, 0.717) is 16.6 Å². The highest BCUT2D eigenvalue weighted by Crippen LogP contribution is 2.22. The number of nitro groups is 1. The Kier molecular flexibility index (Phi) is 7.61. The number of nitrogens with zero attached hydrogens (tertiary/aromatic N) is 1. The van der Waals surface area contributed by atoms with Gasteiger partial charge in [0.25, 0.3) is 11.6 Å². The average molecular weight is 361 g/mol. The van der Waals surface area contributed by atoms with Crippen molar-refractivity contribution >= 4 is 39.3 Å². The van der Waals surface area contributed by atoms with Crippen molar-refractivity contribution in [3.63, 3.8) is 0 Å². The number of thioether (sulfide) groups is 1. The van der Waals surface area contributed by atoms with Crippen LogP contribution in [0.15, 0.2) is 22.7 Å². The largest absolute Gasteiger partial charge is 0.352 e. The van der Waals surface area contributed by atoms with Gasteiger partial charge in [0.1, 0.15) is 0 Å². The fourth-order valence-corrected chi connectivity index (χ4v) is 2.57. The Morgan fingerprint density at radius 1 is 1.40 bits per heavy atom. The summed E-state index contributed by atoms with van der Waals surface area (Å²) in [7, 11) is 0. The number of benzene rings is 1. The summed E-state index contributed by atoms with van der Waals surface area (Å²) in [6, 6.07) is 4.17. The molecule has 0 aliphatic rings. The first-order chi connectivity index (χ1) is 9.56. The summed E-state index contributed by atoms with van der Waals surface area (Å²) in [5.74, 6) is 0.843. The Morgan fingerprint density at radius 3 is 2.80 bits per heavy atom. The lowest BCUT2D eigenvalue weighted by Gasteiger charge is -2.06. The monoisotopic (exact) mass is 360 g/mol.